The van der Waals surface area contributed by atoms with Gasteiger partial charge in [0.05, 0.1) is 0 Å². The molecule has 52 heavy (non-hydrogen) atoms. The van der Waals surface area contributed by atoms with Gasteiger partial charge in [-0.3, -0.25) is 0 Å². The van der Waals surface area contributed by atoms with E-state index in [-0.39, 0.29) is 0 Å². The molecule has 1 N–H and O–H groups in total. The van der Waals surface area contributed by atoms with Crippen LogP contribution in [0.5, 0.6) is 11.5 Å². The van der Waals surface area contributed by atoms with Gasteiger partial charge in [0.25, 0.3) is 0 Å². The van der Waals surface area contributed by atoms with Crippen molar-refractivity contribution in [2.24, 2.45) is 0 Å². The Hall–Kier alpha value is -6.40. The Morgan fingerprint density at radius 3 is 1.40 bits per heavy atom. The molecule has 5 nitrogen and oxygen atoms in total. The van der Waals surface area contributed by atoms with Gasteiger partial charge in [-0.2, -0.15) is 0 Å². The second kappa shape index (κ2) is 13.1. The van der Waals surface area contributed by atoms with Crippen LogP contribution in [-0.4, -0.2) is 20.1 Å². The SMILES string of the molecule is OC1(c2ccc(Cl)cc2-c2ccccc2-c2ccc(-c3nc(-c4ccccc4)nc(-c4ccccc4)n3)cc2)c2ccccc2Oc2ccccc21. The van der Waals surface area contributed by atoms with Crippen LogP contribution in [0.15, 0.2) is 176 Å². The van der Waals surface area contributed by atoms with Gasteiger partial charge in [-0.25, -0.2) is 15.0 Å². The predicted octanol–water partition coefficient (Wildman–Crippen LogP) is 11.2. The van der Waals surface area contributed by atoms with E-state index in [0.717, 1.165) is 38.9 Å². The minimum atomic E-state index is -1.51. The molecular formula is C46H30ClN3O2. The summed E-state index contributed by atoms with van der Waals surface area (Å²) in [6.07, 6.45) is 0. The molecule has 0 atom stereocenters. The molecule has 248 valence electrons. The maximum absolute atomic E-state index is 13.0. The molecule has 1 aliphatic rings. The monoisotopic (exact) mass is 691 g/mol. The quantitative estimate of drug-likeness (QED) is 0.188. The van der Waals surface area contributed by atoms with Crippen LogP contribution in [-0.2, 0) is 5.60 Å². The van der Waals surface area contributed by atoms with Crippen LogP contribution in [0.2, 0.25) is 5.02 Å². The van der Waals surface area contributed by atoms with Gasteiger partial charge in [0.15, 0.2) is 17.5 Å². The van der Waals surface area contributed by atoms with E-state index in [2.05, 4.69) is 24.3 Å². The van der Waals surface area contributed by atoms with Gasteiger partial charge in [0, 0.05) is 38.4 Å². The van der Waals surface area contributed by atoms with Crippen LogP contribution in [0.1, 0.15) is 16.7 Å². The van der Waals surface area contributed by atoms with E-state index in [1.165, 1.54) is 0 Å². The number of hydrogen-bond donors (Lipinski definition) is 1. The van der Waals surface area contributed by atoms with Gasteiger partial charge in [0.2, 0.25) is 0 Å². The van der Waals surface area contributed by atoms with E-state index in [1.54, 1.807) is 0 Å². The molecule has 6 heteroatoms. The Morgan fingerprint density at radius 2 is 0.846 bits per heavy atom. The lowest BCUT2D eigenvalue weighted by atomic mass is 9.75. The first kappa shape index (κ1) is 31.6. The molecule has 1 aromatic heterocycles. The first-order chi connectivity index (χ1) is 25.6. The lowest BCUT2D eigenvalue weighted by Crippen LogP contribution is -2.33. The van der Waals surface area contributed by atoms with Gasteiger partial charge < -0.3 is 9.84 Å². The van der Waals surface area contributed by atoms with E-state index in [0.29, 0.717) is 50.7 Å². The van der Waals surface area contributed by atoms with E-state index in [4.69, 9.17) is 31.3 Å². The molecule has 0 spiro atoms. The summed E-state index contributed by atoms with van der Waals surface area (Å²) >= 11 is 6.73. The van der Waals surface area contributed by atoms with Crippen molar-refractivity contribution in [2.45, 2.75) is 5.60 Å². The molecule has 0 unspecified atom stereocenters. The predicted molar refractivity (Wildman–Crippen MR) is 207 cm³/mol. The smallest absolute Gasteiger partial charge is 0.164 e. The van der Waals surface area contributed by atoms with Crippen molar-refractivity contribution in [1.29, 1.82) is 0 Å². The average molecular weight is 692 g/mol. The molecule has 0 saturated heterocycles. The van der Waals surface area contributed by atoms with E-state index in [1.807, 2.05) is 152 Å². The fourth-order valence-corrected chi connectivity index (χ4v) is 7.20. The lowest BCUT2D eigenvalue weighted by molar-refractivity contribution is 0.113. The number of nitrogens with zero attached hydrogens (tertiary/aromatic N) is 3. The molecule has 8 aromatic rings. The van der Waals surface area contributed by atoms with Crippen molar-refractivity contribution >= 4 is 11.6 Å². The van der Waals surface area contributed by atoms with Gasteiger partial charge in [-0.05, 0) is 46.5 Å². The molecule has 7 aromatic carbocycles. The second-order valence-electron chi connectivity index (χ2n) is 12.7. The Bertz CT molecular complexity index is 2470. The third kappa shape index (κ3) is 5.53. The zero-order valence-corrected chi connectivity index (χ0v) is 28.6. The van der Waals surface area contributed by atoms with E-state index < -0.39 is 5.60 Å². The Labute approximate surface area is 306 Å². The van der Waals surface area contributed by atoms with Crippen molar-refractivity contribution in [2.75, 3.05) is 0 Å². The molecule has 0 fully saturated rings. The number of rotatable bonds is 6. The molecule has 1 aliphatic heterocycles. The largest absolute Gasteiger partial charge is 0.457 e. The summed E-state index contributed by atoms with van der Waals surface area (Å²) in [5.74, 6) is 3.03. The highest BCUT2D eigenvalue weighted by molar-refractivity contribution is 6.31. The zero-order chi connectivity index (χ0) is 35.1. The molecule has 0 saturated carbocycles. The molecule has 0 radical (unpaired) electrons. The van der Waals surface area contributed by atoms with Gasteiger partial charge in [-0.1, -0.05) is 163 Å². The molecular weight excluding hydrogens is 662 g/mol. The van der Waals surface area contributed by atoms with Gasteiger partial charge in [-0.15, -0.1) is 0 Å². The second-order valence-corrected chi connectivity index (χ2v) is 13.1. The fourth-order valence-electron chi connectivity index (χ4n) is 7.02. The van der Waals surface area contributed by atoms with Crippen molar-refractivity contribution in [3.05, 3.63) is 198 Å². The molecule has 9 rings (SSSR count). The number of halogens is 1. The van der Waals surface area contributed by atoms with Crippen LogP contribution in [0.25, 0.3) is 56.4 Å². The zero-order valence-electron chi connectivity index (χ0n) is 27.8. The minimum absolute atomic E-state index is 0.569. The summed E-state index contributed by atoms with van der Waals surface area (Å²) in [6, 6.07) is 57.3. The number of para-hydroxylation sites is 2. The molecule has 0 aliphatic carbocycles. The van der Waals surface area contributed by atoms with Crippen molar-refractivity contribution < 1.29 is 9.84 Å². The molecule has 0 amide bonds. The average Bonchev–Trinajstić information content (AvgIpc) is 3.21. The highest BCUT2D eigenvalue weighted by Gasteiger charge is 2.43. The highest BCUT2D eigenvalue weighted by Crippen LogP contribution is 2.52. The number of ether oxygens (including phenoxy) is 1. The third-order valence-electron chi connectivity index (χ3n) is 9.52. The number of aromatic nitrogens is 3. The first-order valence-electron chi connectivity index (χ1n) is 17.0. The maximum Gasteiger partial charge on any atom is 0.164 e. The van der Waals surface area contributed by atoms with E-state index in [9.17, 15) is 5.11 Å². The topological polar surface area (TPSA) is 68.1 Å². The van der Waals surface area contributed by atoms with E-state index >= 15 is 0 Å². The highest BCUT2D eigenvalue weighted by atomic mass is 35.5. The summed E-state index contributed by atoms with van der Waals surface area (Å²) in [4.78, 5) is 14.7. The summed E-state index contributed by atoms with van der Waals surface area (Å²) in [6.45, 7) is 0. The summed E-state index contributed by atoms with van der Waals surface area (Å²) in [5, 5.41) is 13.5. The normalized spacial score (nSPS) is 12.7. The molecule has 0 bridgehead atoms. The minimum Gasteiger partial charge on any atom is -0.457 e. The van der Waals surface area contributed by atoms with Crippen LogP contribution in [0, 0.1) is 0 Å². The number of fused-ring (bicyclic) bond motifs is 2. The standard InChI is InChI=1S/C46H30ClN3O2/c47-34-27-28-38(46(51)39-19-9-11-21-41(39)52-42-22-12-10-20-40(42)46)37(29-34)36-18-8-7-17-35(36)30-23-25-33(26-24-30)45-49-43(31-13-3-1-4-14-31)48-44(50-45)32-15-5-2-6-16-32/h1-29,51H. The first-order valence-corrected chi connectivity index (χ1v) is 17.4. The molecule has 2 heterocycles. The van der Waals surface area contributed by atoms with Crippen molar-refractivity contribution in [1.82, 2.24) is 15.0 Å². The Morgan fingerprint density at radius 1 is 0.404 bits per heavy atom. The number of hydrogen-bond acceptors (Lipinski definition) is 5. The van der Waals surface area contributed by atoms with Crippen molar-refractivity contribution in [3.63, 3.8) is 0 Å². The van der Waals surface area contributed by atoms with Crippen LogP contribution in [0.4, 0.5) is 0 Å². The summed E-state index contributed by atoms with van der Waals surface area (Å²) < 4.78 is 6.27. The van der Waals surface area contributed by atoms with Crippen LogP contribution >= 0.6 is 11.6 Å². The Kier molecular flexibility index (Phi) is 7.92. The summed E-state index contributed by atoms with van der Waals surface area (Å²) in [5.41, 5.74) is 6.97. The van der Waals surface area contributed by atoms with Crippen molar-refractivity contribution in [3.8, 4) is 67.9 Å². The fraction of sp³-hybridized carbons (Fsp3) is 0.0217. The van der Waals surface area contributed by atoms with Crippen LogP contribution < -0.4 is 4.74 Å². The number of aliphatic hydroxyl groups is 1. The van der Waals surface area contributed by atoms with Gasteiger partial charge in [0.1, 0.15) is 17.1 Å². The summed E-state index contributed by atoms with van der Waals surface area (Å²) in [7, 11) is 0. The van der Waals surface area contributed by atoms with Crippen LogP contribution in [0.3, 0.4) is 0 Å². The van der Waals surface area contributed by atoms with Gasteiger partial charge >= 0.3 is 0 Å². The number of benzene rings is 7. The Balaban J connectivity index is 1.16. The maximum atomic E-state index is 13.0. The lowest BCUT2D eigenvalue weighted by Gasteiger charge is -2.37. The third-order valence-corrected chi connectivity index (χ3v) is 9.75.